The van der Waals surface area contributed by atoms with Crippen molar-refractivity contribution in [3.05, 3.63) is 69.9 Å². The van der Waals surface area contributed by atoms with E-state index in [9.17, 15) is 14.9 Å². The van der Waals surface area contributed by atoms with Crippen molar-refractivity contribution in [3.63, 3.8) is 0 Å². The van der Waals surface area contributed by atoms with Crippen LogP contribution in [0.2, 0.25) is 0 Å². The van der Waals surface area contributed by atoms with Gasteiger partial charge in [-0.3, -0.25) is 14.9 Å². The summed E-state index contributed by atoms with van der Waals surface area (Å²) in [6, 6.07) is 11.1. The standard InChI is InChI=1S/C18H14N2O5/c1-24-12-6-8-13(15(10-12)25-2)18(21)14-7-5-11-4-3-9-19-16(11)17(14)20(22)23/h3-10H,1-2H3. The van der Waals surface area contributed by atoms with Crippen LogP contribution in [0.25, 0.3) is 10.9 Å². The lowest BCUT2D eigenvalue weighted by Crippen LogP contribution is -2.08. The second-order valence-electron chi connectivity index (χ2n) is 5.19. The Morgan fingerprint density at radius 3 is 2.52 bits per heavy atom. The Labute approximate surface area is 143 Å². The number of fused-ring (bicyclic) bond motifs is 1. The van der Waals surface area contributed by atoms with Crippen molar-refractivity contribution in [2.24, 2.45) is 0 Å². The number of aromatic nitrogens is 1. The molecule has 0 atom stereocenters. The lowest BCUT2D eigenvalue weighted by molar-refractivity contribution is -0.383. The van der Waals surface area contributed by atoms with Gasteiger partial charge in [0.2, 0.25) is 5.78 Å². The number of nitro benzene ring substituents is 1. The van der Waals surface area contributed by atoms with Gasteiger partial charge in [0.25, 0.3) is 0 Å². The summed E-state index contributed by atoms with van der Waals surface area (Å²) in [6.07, 6.45) is 1.46. The van der Waals surface area contributed by atoms with E-state index in [1.165, 1.54) is 32.5 Å². The molecule has 0 spiro atoms. The van der Waals surface area contributed by atoms with E-state index >= 15 is 0 Å². The number of hydrogen-bond donors (Lipinski definition) is 0. The van der Waals surface area contributed by atoms with Crippen LogP contribution in [-0.2, 0) is 0 Å². The topological polar surface area (TPSA) is 91.6 Å². The smallest absolute Gasteiger partial charge is 0.306 e. The van der Waals surface area contributed by atoms with E-state index in [1.54, 1.807) is 30.3 Å². The van der Waals surface area contributed by atoms with Crippen LogP contribution in [-0.4, -0.2) is 29.9 Å². The number of rotatable bonds is 5. The van der Waals surface area contributed by atoms with Crippen molar-refractivity contribution in [1.29, 1.82) is 0 Å². The zero-order valence-corrected chi connectivity index (χ0v) is 13.6. The Kier molecular flexibility index (Phi) is 4.30. The molecule has 1 heterocycles. The van der Waals surface area contributed by atoms with E-state index in [0.717, 1.165) is 0 Å². The third-order valence-electron chi connectivity index (χ3n) is 3.83. The molecule has 25 heavy (non-hydrogen) atoms. The molecule has 3 rings (SSSR count). The van der Waals surface area contributed by atoms with Crippen LogP contribution in [0.4, 0.5) is 5.69 Å². The molecule has 0 unspecified atom stereocenters. The molecule has 0 aliphatic carbocycles. The van der Waals surface area contributed by atoms with Crippen molar-refractivity contribution < 1.29 is 19.2 Å². The van der Waals surface area contributed by atoms with Crippen LogP contribution in [0.5, 0.6) is 11.5 Å². The van der Waals surface area contributed by atoms with E-state index in [2.05, 4.69) is 4.98 Å². The summed E-state index contributed by atoms with van der Waals surface area (Å²) in [4.78, 5) is 28.0. The number of methoxy groups -OCH3 is 2. The highest BCUT2D eigenvalue weighted by Gasteiger charge is 2.27. The molecule has 1 aromatic heterocycles. The molecule has 0 aliphatic rings. The minimum absolute atomic E-state index is 0.0420. The molecule has 0 fully saturated rings. The fourth-order valence-corrected chi connectivity index (χ4v) is 2.63. The van der Waals surface area contributed by atoms with E-state index in [1.807, 2.05) is 0 Å². The molecule has 0 N–H and O–H groups in total. The predicted octanol–water partition coefficient (Wildman–Crippen LogP) is 3.39. The monoisotopic (exact) mass is 338 g/mol. The maximum atomic E-state index is 12.9. The first-order chi connectivity index (χ1) is 12.1. The number of carbonyl (C=O) groups is 1. The quantitative estimate of drug-likeness (QED) is 0.402. The molecule has 0 saturated heterocycles. The Bertz CT molecular complexity index is 984. The van der Waals surface area contributed by atoms with Crippen LogP contribution >= 0.6 is 0 Å². The molecule has 0 saturated carbocycles. The summed E-state index contributed by atoms with van der Waals surface area (Å²) in [5.74, 6) is 0.279. The van der Waals surface area contributed by atoms with E-state index in [4.69, 9.17) is 9.47 Å². The number of nitro groups is 1. The Hall–Kier alpha value is -3.48. The molecule has 0 aliphatic heterocycles. The van der Waals surface area contributed by atoms with Crippen molar-refractivity contribution >= 4 is 22.4 Å². The zero-order chi connectivity index (χ0) is 18.0. The zero-order valence-electron chi connectivity index (χ0n) is 13.6. The maximum Gasteiger partial charge on any atom is 0.306 e. The SMILES string of the molecule is COc1ccc(C(=O)c2ccc3cccnc3c2[N+](=O)[O-])c(OC)c1. The van der Waals surface area contributed by atoms with Crippen molar-refractivity contribution in [2.45, 2.75) is 0 Å². The fourth-order valence-electron chi connectivity index (χ4n) is 2.63. The third-order valence-corrected chi connectivity index (χ3v) is 3.83. The molecule has 0 bridgehead atoms. The third kappa shape index (κ3) is 2.87. The van der Waals surface area contributed by atoms with Gasteiger partial charge < -0.3 is 9.47 Å². The molecule has 0 amide bonds. The summed E-state index contributed by atoms with van der Waals surface area (Å²) in [6.45, 7) is 0. The number of hydrogen-bond acceptors (Lipinski definition) is 6. The summed E-state index contributed by atoms with van der Waals surface area (Å²) in [7, 11) is 2.91. The molecule has 0 radical (unpaired) electrons. The molecule has 3 aromatic rings. The molecule has 7 heteroatoms. The van der Waals surface area contributed by atoms with Crippen molar-refractivity contribution in [1.82, 2.24) is 4.98 Å². The maximum absolute atomic E-state index is 12.9. The van der Waals surface area contributed by atoms with Gasteiger partial charge in [0, 0.05) is 17.6 Å². The van der Waals surface area contributed by atoms with Crippen LogP contribution < -0.4 is 9.47 Å². The van der Waals surface area contributed by atoms with Crippen LogP contribution in [0.3, 0.4) is 0 Å². The summed E-state index contributed by atoms with van der Waals surface area (Å²) < 4.78 is 10.3. The van der Waals surface area contributed by atoms with Gasteiger partial charge in [-0.25, -0.2) is 4.98 Å². The highest BCUT2D eigenvalue weighted by Crippen LogP contribution is 2.33. The van der Waals surface area contributed by atoms with Gasteiger partial charge in [-0.15, -0.1) is 0 Å². The molecule has 2 aromatic carbocycles. The van der Waals surface area contributed by atoms with E-state index in [-0.39, 0.29) is 28.1 Å². The fraction of sp³-hybridized carbons (Fsp3) is 0.111. The van der Waals surface area contributed by atoms with Gasteiger partial charge >= 0.3 is 5.69 Å². The van der Waals surface area contributed by atoms with Crippen LogP contribution in [0, 0.1) is 10.1 Å². The van der Waals surface area contributed by atoms with Crippen molar-refractivity contribution in [2.75, 3.05) is 14.2 Å². The molecule has 126 valence electrons. The second kappa shape index (κ2) is 6.56. The number of pyridine rings is 1. The minimum Gasteiger partial charge on any atom is -0.497 e. The first-order valence-electron chi connectivity index (χ1n) is 7.35. The highest BCUT2D eigenvalue weighted by atomic mass is 16.6. The lowest BCUT2D eigenvalue weighted by Gasteiger charge is -2.10. The number of ketones is 1. The van der Waals surface area contributed by atoms with E-state index < -0.39 is 10.7 Å². The Balaban J connectivity index is 2.21. The molecular formula is C18H14N2O5. The van der Waals surface area contributed by atoms with Crippen LogP contribution in [0.15, 0.2) is 48.7 Å². The number of ether oxygens (including phenoxy) is 2. The Morgan fingerprint density at radius 2 is 1.84 bits per heavy atom. The average Bonchev–Trinajstić information content (AvgIpc) is 2.65. The van der Waals surface area contributed by atoms with Gasteiger partial charge in [0.1, 0.15) is 22.6 Å². The average molecular weight is 338 g/mol. The Morgan fingerprint density at radius 1 is 1.08 bits per heavy atom. The van der Waals surface area contributed by atoms with Gasteiger partial charge in [0.15, 0.2) is 0 Å². The minimum atomic E-state index is -0.585. The van der Waals surface area contributed by atoms with Crippen LogP contribution in [0.1, 0.15) is 15.9 Å². The largest absolute Gasteiger partial charge is 0.497 e. The first kappa shape index (κ1) is 16.4. The van der Waals surface area contributed by atoms with Crippen molar-refractivity contribution in [3.8, 4) is 11.5 Å². The van der Waals surface area contributed by atoms with Gasteiger partial charge in [0.05, 0.1) is 24.7 Å². The molecular weight excluding hydrogens is 324 g/mol. The summed E-state index contributed by atoms with van der Waals surface area (Å²) in [5.41, 5.74) is 0.0214. The predicted molar refractivity (Wildman–Crippen MR) is 91.4 cm³/mol. The second-order valence-corrected chi connectivity index (χ2v) is 5.19. The number of nitrogens with zero attached hydrogens (tertiary/aromatic N) is 2. The van der Waals surface area contributed by atoms with E-state index in [0.29, 0.717) is 11.1 Å². The highest BCUT2D eigenvalue weighted by molar-refractivity contribution is 6.15. The van der Waals surface area contributed by atoms with Gasteiger partial charge in [-0.1, -0.05) is 12.1 Å². The van der Waals surface area contributed by atoms with Gasteiger partial charge in [-0.2, -0.15) is 0 Å². The van der Waals surface area contributed by atoms with Gasteiger partial charge in [-0.05, 0) is 24.3 Å². The number of carbonyl (C=O) groups excluding carboxylic acids is 1. The summed E-state index contributed by atoms with van der Waals surface area (Å²) in [5, 5.41) is 12.2. The molecule has 7 nitrogen and oxygen atoms in total. The first-order valence-corrected chi connectivity index (χ1v) is 7.35. The number of benzene rings is 2. The lowest BCUT2D eigenvalue weighted by atomic mass is 9.98. The summed E-state index contributed by atoms with van der Waals surface area (Å²) >= 11 is 0. The normalized spacial score (nSPS) is 10.5.